The topological polar surface area (TPSA) is 12.4 Å². The van der Waals surface area contributed by atoms with Crippen molar-refractivity contribution in [1.29, 1.82) is 0 Å². The third-order valence-corrected chi connectivity index (χ3v) is 3.91. The molecule has 0 bridgehead atoms. The second-order valence-electron chi connectivity index (χ2n) is 4.92. The third-order valence-electron chi connectivity index (χ3n) is 3.91. The average Bonchev–Trinajstić information content (AvgIpc) is 2.25. The molecule has 0 aromatic heterocycles. The van der Waals surface area contributed by atoms with Crippen LogP contribution in [0.2, 0.25) is 0 Å². The van der Waals surface area contributed by atoms with Crippen LogP contribution in [0.25, 0.3) is 0 Å². The highest BCUT2D eigenvalue weighted by Gasteiger charge is 2.43. The lowest BCUT2D eigenvalue weighted by molar-refractivity contribution is 0.235. The van der Waals surface area contributed by atoms with Crippen LogP contribution < -0.4 is 0 Å². The van der Waals surface area contributed by atoms with Crippen LogP contribution in [0, 0.1) is 11.3 Å². The lowest BCUT2D eigenvalue weighted by atomic mass is 9.70. The van der Waals surface area contributed by atoms with E-state index >= 15 is 0 Å². The van der Waals surface area contributed by atoms with E-state index in [1.165, 1.54) is 31.4 Å². The maximum Gasteiger partial charge on any atom is 0.0528 e. The second-order valence-corrected chi connectivity index (χ2v) is 4.92. The van der Waals surface area contributed by atoms with E-state index in [-0.39, 0.29) is 0 Å². The molecule has 1 aliphatic heterocycles. The van der Waals surface area contributed by atoms with Crippen molar-refractivity contribution in [2.24, 2.45) is 16.3 Å². The minimum Gasteiger partial charge on any atom is -0.290 e. The van der Waals surface area contributed by atoms with E-state index in [2.05, 4.69) is 20.8 Å². The predicted molar refractivity (Wildman–Crippen MR) is 52.6 cm³/mol. The van der Waals surface area contributed by atoms with Crippen LogP contribution in [-0.2, 0) is 0 Å². The Kier molecular flexibility index (Phi) is 1.78. The zero-order valence-corrected chi connectivity index (χ0v) is 8.43. The summed E-state index contributed by atoms with van der Waals surface area (Å²) in [6, 6.07) is 0.551. The molecular formula is C11H19N. The van der Waals surface area contributed by atoms with Crippen molar-refractivity contribution in [1.82, 2.24) is 0 Å². The SMILES string of the molecule is CC1N=C2CCCCC2C1(C)C. The first-order chi connectivity index (χ1) is 5.62. The molecule has 0 amide bonds. The summed E-state index contributed by atoms with van der Waals surface area (Å²) >= 11 is 0. The van der Waals surface area contributed by atoms with E-state index in [4.69, 9.17) is 4.99 Å². The maximum atomic E-state index is 4.78. The predicted octanol–water partition coefficient (Wildman–Crippen LogP) is 3.05. The summed E-state index contributed by atoms with van der Waals surface area (Å²) in [6.07, 6.45) is 5.45. The van der Waals surface area contributed by atoms with Gasteiger partial charge in [0.25, 0.3) is 0 Å². The summed E-state index contributed by atoms with van der Waals surface area (Å²) in [7, 11) is 0. The highest BCUT2D eigenvalue weighted by molar-refractivity contribution is 5.90. The standard InChI is InChI=1S/C11H19N/c1-8-11(2,3)9-6-4-5-7-10(9)12-8/h8-9H,4-7H2,1-3H3. The minimum absolute atomic E-state index is 0.440. The molecule has 2 unspecified atom stereocenters. The van der Waals surface area contributed by atoms with Crippen molar-refractivity contribution >= 4 is 5.71 Å². The highest BCUT2D eigenvalue weighted by atomic mass is 14.9. The zero-order chi connectivity index (χ0) is 8.77. The van der Waals surface area contributed by atoms with Gasteiger partial charge in [-0.05, 0) is 31.6 Å². The van der Waals surface area contributed by atoms with E-state index < -0.39 is 0 Å². The van der Waals surface area contributed by atoms with E-state index in [0.29, 0.717) is 11.5 Å². The van der Waals surface area contributed by atoms with Crippen LogP contribution in [-0.4, -0.2) is 11.8 Å². The molecule has 68 valence electrons. The Balaban J connectivity index is 2.25. The number of fused-ring (bicyclic) bond motifs is 1. The molecule has 2 atom stereocenters. The van der Waals surface area contributed by atoms with Gasteiger partial charge in [0.1, 0.15) is 0 Å². The van der Waals surface area contributed by atoms with Crippen LogP contribution in [0.3, 0.4) is 0 Å². The third kappa shape index (κ3) is 1.02. The number of hydrogen-bond acceptors (Lipinski definition) is 1. The fourth-order valence-corrected chi connectivity index (χ4v) is 2.66. The molecule has 12 heavy (non-hydrogen) atoms. The Bertz CT molecular complexity index is 215. The van der Waals surface area contributed by atoms with Gasteiger partial charge in [0.15, 0.2) is 0 Å². The number of nitrogens with zero attached hydrogens (tertiary/aromatic N) is 1. The summed E-state index contributed by atoms with van der Waals surface area (Å²) in [5.74, 6) is 0.807. The molecule has 0 saturated heterocycles. The molecule has 0 N–H and O–H groups in total. The van der Waals surface area contributed by atoms with Crippen LogP contribution in [0.5, 0.6) is 0 Å². The molecule has 1 heterocycles. The minimum atomic E-state index is 0.440. The molecule has 0 spiro atoms. The summed E-state index contributed by atoms with van der Waals surface area (Å²) in [5.41, 5.74) is 1.97. The first-order valence-electron chi connectivity index (χ1n) is 5.19. The van der Waals surface area contributed by atoms with Crippen molar-refractivity contribution < 1.29 is 0 Å². The first-order valence-corrected chi connectivity index (χ1v) is 5.19. The van der Waals surface area contributed by atoms with Crippen molar-refractivity contribution in [3.05, 3.63) is 0 Å². The fraction of sp³-hybridized carbons (Fsp3) is 0.909. The summed E-state index contributed by atoms with van der Waals surface area (Å²) in [4.78, 5) is 4.78. The van der Waals surface area contributed by atoms with Crippen LogP contribution in [0.1, 0.15) is 46.5 Å². The number of aliphatic imine (C=N–C) groups is 1. The van der Waals surface area contributed by atoms with Crippen LogP contribution >= 0.6 is 0 Å². The Morgan fingerprint density at radius 1 is 1.33 bits per heavy atom. The van der Waals surface area contributed by atoms with Gasteiger partial charge < -0.3 is 0 Å². The Labute approximate surface area is 75.3 Å². The molecule has 1 aliphatic carbocycles. The smallest absolute Gasteiger partial charge is 0.0528 e. The van der Waals surface area contributed by atoms with Gasteiger partial charge in [-0.3, -0.25) is 4.99 Å². The number of rotatable bonds is 0. The first kappa shape index (κ1) is 8.28. The molecule has 0 radical (unpaired) electrons. The van der Waals surface area contributed by atoms with Crippen LogP contribution in [0.4, 0.5) is 0 Å². The van der Waals surface area contributed by atoms with Crippen molar-refractivity contribution in [2.75, 3.05) is 0 Å². The van der Waals surface area contributed by atoms with E-state index in [9.17, 15) is 0 Å². The quantitative estimate of drug-likeness (QED) is 0.523. The van der Waals surface area contributed by atoms with Crippen molar-refractivity contribution in [3.8, 4) is 0 Å². The zero-order valence-electron chi connectivity index (χ0n) is 8.43. The molecule has 1 saturated carbocycles. The fourth-order valence-electron chi connectivity index (χ4n) is 2.66. The van der Waals surface area contributed by atoms with Gasteiger partial charge in [-0.25, -0.2) is 0 Å². The highest BCUT2D eigenvalue weighted by Crippen LogP contribution is 2.45. The molecule has 2 rings (SSSR count). The van der Waals surface area contributed by atoms with Gasteiger partial charge >= 0.3 is 0 Å². The molecule has 0 aromatic rings. The van der Waals surface area contributed by atoms with E-state index in [1.54, 1.807) is 0 Å². The Morgan fingerprint density at radius 2 is 2.08 bits per heavy atom. The Hall–Kier alpha value is -0.330. The van der Waals surface area contributed by atoms with Gasteiger partial charge in [0.05, 0.1) is 6.04 Å². The summed E-state index contributed by atoms with van der Waals surface area (Å²) in [6.45, 7) is 7.03. The average molecular weight is 165 g/mol. The van der Waals surface area contributed by atoms with Gasteiger partial charge in [0, 0.05) is 11.6 Å². The van der Waals surface area contributed by atoms with Gasteiger partial charge in [0.2, 0.25) is 0 Å². The normalized spacial score (nSPS) is 39.1. The van der Waals surface area contributed by atoms with E-state index in [1.807, 2.05) is 0 Å². The van der Waals surface area contributed by atoms with Crippen molar-refractivity contribution in [3.63, 3.8) is 0 Å². The van der Waals surface area contributed by atoms with Crippen molar-refractivity contribution in [2.45, 2.75) is 52.5 Å². The van der Waals surface area contributed by atoms with E-state index in [0.717, 1.165) is 5.92 Å². The largest absolute Gasteiger partial charge is 0.290 e. The molecule has 1 heteroatoms. The van der Waals surface area contributed by atoms with Gasteiger partial charge in [-0.1, -0.05) is 20.3 Å². The van der Waals surface area contributed by atoms with Gasteiger partial charge in [-0.2, -0.15) is 0 Å². The second kappa shape index (κ2) is 2.58. The van der Waals surface area contributed by atoms with Gasteiger partial charge in [-0.15, -0.1) is 0 Å². The molecule has 1 fully saturated rings. The lowest BCUT2D eigenvalue weighted by Crippen LogP contribution is -2.32. The molecule has 0 aromatic carbocycles. The molecule has 2 aliphatic rings. The summed E-state index contributed by atoms with van der Waals surface area (Å²) < 4.78 is 0. The Morgan fingerprint density at radius 3 is 2.75 bits per heavy atom. The molecular weight excluding hydrogens is 146 g/mol. The van der Waals surface area contributed by atoms with Crippen LogP contribution in [0.15, 0.2) is 4.99 Å². The number of hydrogen-bond donors (Lipinski definition) is 0. The maximum absolute atomic E-state index is 4.78. The lowest BCUT2D eigenvalue weighted by Gasteiger charge is -2.33. The summed E-state index contributed by atoms with van der Waals surface area (Å²) in [5, 5.41) is 0. The molecule has 1 nitrogen and oxygen atoms in total. The monoisotopic (exact) mass is 165 g/mol.